The number of urea groups is 1. The van der Waals surface area contributed by atoms with Crippen molar-refractivity contribution in [2.45, 2.75) is 49.7 Å². The zero-order chi connectivity index (χ0) is 23.0. The molecular weight excluding hydrogens is 458 g/mol. The molecule has 0 unspecified atom stereocenters. The van der Waals surface area contributed by atoms with E-state index in [0.29, 0.717) is 16.6 Å². The van der Waals surface area contributed by atoms with Crippen molar-refractivity contribution >= 4 is 35.3 Å². The largest absolute Gasteiger partial charge is 0.335 e. The third-order valence-electron chi connectivity index (χ3n) is 5.52. The minimum Gasteiger partial charge on any atom is -0.335 e. The molecule has 1 heterocycles. The fraction of sp³-hybridized carbons (Fsp3) is 0.333. The summed E-state index contributed by atoms with van der Waals surface area (Å²) >= 11 is 7.30. The van der Waals surface area contributed by atoms with Crippen LogP contribution in [0.25, 0.3) is 5.69 Å². The van der Waals surface area contributed by atoms with E-state index in [2.05, 4.69) is 20.8 Å². The van der Waals surface area contributed by atoms with Gasteiger partial charge >= 0.3 is 6.03 Å². The number of carbonyl (C=O) groups excluding carboxylic acids is 2. The van der Waals surface area contributed by atoms with Crippen LogP contribution in [0.3, 0.4) is 0 Å². The van der Waals surface area contributed by atoms with Gasteiger partial charge in [0.2, 0.25) is 5.91 Å². The average Bonchev–Trinajstić information content (AvgIpc) is 3.22. The van der Waals surface area contributed by atoms with Crippen LogP contribution >= 0.6 is 23.4 Å². The molecule has 0 bridgehead atoms. The van der Waals surface area contributed by atoms with Crippen molar-refractivity contribution in [1.29, 1.82) is 0 Å². The quantitative estimate of drug-likeness (QED) is 0.473. The maximum absolute atomic E-state index is 12.4. The van der Waals surface area contributed by atoms with Gasteiger partial charge in [-0.3, -0.25) is 14.7 Å². The number of aromatic nitrogens is 3. The Hall–Kier alpha value is -2.84. The first-order valence-electron chi connectivity index (χ1n) is 11.1. The third-order valence-corrected chi connectivity index (χ3v) is 6.70. The van der Waals surface area contributed by atoms with Gasteiger partial charge in [0.15, 0.2) is 5.16 Å². The van der Waals surface area contributed by atoms with E-state index in [4.69, 9.17) is 11.6 Å². The lowest BCUT2D eigenvalue weighted by Gasteiger charge is -2.22. The van der Waals surface area contributed by atoms with Crippen molar-refractivity contribution in [3.05, 3.63) is 71.0 Å². The maximum Gasteiger partial charge on any atom is 0.321 e. The Labute approximate surface area is 202 Å². The molecular formula is C24H26ClN5O2S. The van der Waals surface area contributed by atoms with Crippen LogP contribution in [0.5, 0.6) is 0 Å². The van der Waals surface area contributed by atoms with Crippen LogP contribution in [0.4, 0.5) is 4.79 Å². The van der Waals surface area contributed by atoms with Crippen molar-refractivity contribution in [1.82, 2.24) is 25.4 Å². The highest BCUT2D eigenvalue weighted by molar-refractivity contribution is 7.99. The molecule has 0 saturated heterocycles. The maximum atomic E-state index is 12.4. The first-order valence-corrected chi connectivity index (χ1v) is 12.4. The Kier molecular flexibility index (Phi) is 8.01. The zero-order valence-corrected chi connectivity index (χ0v) is 19.7. The lowest BCUT2D eigenvalue weighted by atomic mass is 9.96. The van der Waals surface area contributed by atoms with Crippen molar-refractivity contribution in [2.75, 3.05) is 5.75 Å². The van der Waals surface area contributed by atoms with Gasteiger partial charge in [-0.1, -0.05) is 73.0 Å². The summed E-state index contributed by atoms with van der Waals surface area (Å²) in [6.45, 7) is 0. The summed E-state index contributed by atoms with van der Waals surface area (Å²) in [4.78, 5) is 24.6. The van der Waals surface area contributed by atoms with Crippen LogP contribution in [0.15, 0.2) is 59.8 Å². The van der Waals surface area contributed by atoms with Crippen molar-refractivity contribution < 1.29 is 9.59 Å². The van der Waals surface area contributed by atoms with E-state index in [-0.39, 0.29) is 17.7 Å². The van der Waals surface area contributed by atoms with Gasteiger partial charge in [0, 0.05) is 23.2 Å². The Balaban J connectivity index is 1.43. The molecule has 1 fully saturated rings. The van der Waals surface area contributed by atoms with E-state index in [1.54, 1.807) is 12.1 Å². The Morgan fingerprint density at radius 1 is 1.00 bits per heavy atom. The predicted molar refractivity (Wildman–Crippen MR) is 130 cm³/mol. The van der Waals surface area contributed by atoms with Crippen LogP contribution in [-0.4, -0.2) is 38.5 Å². The van der Waals surface area contributed by atoms with Crippen LogP contribution in [-0.2, 0) is 11.2 Å². The smallest absolute Gasteiger partial charge is 0.321 e. The third kappa shape index (κ3) is 6.58. The van der Waals surface area contributed by atoms with Gasteiger partial charge < -0.3 is 5.32 Å². The molecule has 0 aliphatic heterocycles. The van der Waals surface area contributed by atoms with Gasteiger partial charge in [-0.05, 0) is 42.7 Å². The van der Waals surface area contributed by atoms with Gasteiger partial charge in [0.25, 0.3) is 0 Å². The first-order chi connectivity index (χ1) is 16.1. The summed E-state index contributed by atoms with van der Waals surface area (Å²) in [5.41, 5.74) is 1.96. The molecule has 1 aliphatic rings. The second-order valence-electron chi connectivity index (χ2n) is 8.02. The number of imide groups is 1. The van der Waals surface area contributed by atoms with E-state index in [1.807, 2.05) is 47.0 Å². The molecule has 2 aromatic carbocycles. The van der Waals surface area contributed by atoms with E-state index in [9.17, 15) is 9.59 Å². The Morgan fingerprint density at radius 2 is 1.73 bits per heavy atom. The second-order valence-corrected chi connectivity index (χ2v) is 9.40. The van der Waals surface area contributed by atoms with Crippen molar-refractivity contribution in [3.63, 3.8) is 0 Å². The number of thioether (sulfide) groups is 1. The number of halogens is 1. The molecule has 1 aliphatic carbocycles. The normalized spacial score (nSPS) is 14.1. The molecule has 0 spiro atoms. The molecule has 0 radical (unpaired) electrons. The fourth-order valence-corrected chi connectivity index (χ4v) is 4.79. The molecule has 1 aromatic heterocycles. The molecule has 3 amide bonds. The summed E-state index contributed by atoms with van der Waals surface area (Å²) in [6.07, 6.45) is 5.94. The molecule has 33 heavy (non-hydrogen) atoms. The van der Waals surface area contributed by atoms with Crippen molar-refractivity contribution in [3.8, 4) is 5.69 Å². The van der Waals surface area contributed by atoms with Crippen LogP contribution in [0, 0.1) is 0 Å². The minimum absolute atomic E-state index is 0.0507. The number of hydrogen-bond donors (Lipinski definition) is 2. The summed E-state index contributed by atoms with van der Waals surface area (Å²) in [5, 5.41) is 15.2. The highest BCUT2D eigenvalue weighted by atomic mass is 35.5. The molecule has 7 nitrogen and oxygen atoms in total. The van der Waals surface area contributed by atoms with Crippen molar-refractivity contribution in [2.24, 2.45) is 0 Å². The van der Waals surface area contributed by atoms with E-state index < -0.39 is 6.03 Å². The minimum atomic E-state index is -0.434. The SMILES string of the molecule is O=C(CSc1nnc(Cc2ccccc2)n1-c1ccc(Cl)cc1)NC(=O)NC1CCCCC1. The molecule has 172 valence electrons. The fourth-order valence-electron chi connectivity index (χ4n) is 3.90. The highest BCUT2D eigenvalue weighted by Crippen LogP contribution is 2.24. The Morgan fingerprint density at radius 3 is 2.45 bits per heavy atom. The van der Waals surface area contributed by atoms with E-state index >= 15 is 0 Å². The summed E-state index contributed by atoms with van der Waals surface area (Å²) < 4.78 is 1.92. The monoisotopic (exact) mass is 483 g/mol. The number of hydrogen-bond acceptors (Lipinski definition) is 5. The first kappa shape index (κ1) is 23.3. The molecule has 4 rings (SSSR count). The molecule has 9 heteroatoms. The van der Waals surface area contributed by atoms with E-state index in [0.717, 1.165) is 42.8 Å². The summed E-state index contributed by atoms with van der Waals surface area (Å²) in [5.74, 6) is 0.430. The van der Waals surface area contributed by atoms with Gasteiger partial charge in [-0.25, -0.2) is 4.79 Å². The van der Waals surface area contributed by atoms with Crippen LogP contribution < -0.4 is 10.6 Å². The van der Waals surface area contributed by atoms with E-state index in [1.165, 1.54) is 18.2 Å². The number of nitrogens with zero attached hydrogens (tertiary/aromatic N) is 3. The number of carbonyl (C=O) groups is 2. The zero-order valence-electron chi connectivity index (χ0n) is 18.2. The van der Waals surface area contributed by atoms with Crippen LogP contribution in [0.1, 0.15) is 43.5 Å². The highest BCUT2D eigenvalue weighted by Gasteiger charge is 2.19. The topological polar surface area (TPSA) is 88.9 Å². The van der Waals surface area contributed by atoms with Crippen LogP contribution in [0.2, 0.25) is 5.02 Å². The van der Waals surface area contributed by atoms with Gasteiger partial charge in [-0.15, -0.1) is 10.2 Å². The van der Waals surface area contributed by atoms with Gasteiger partial charge in [-0.2, -0.15) is 0 Å². The standard InChI is InChI=1S/C24H26ClN5O2S/c25-18-11-13-20(14-12-18)30-21(15-17-7-3-1-4-8-17)28-29-24(30)33-16-22(31)27-23(32)26-19-9-5-2-6-10-19/h1,3-4,7-8,11-14,19H,2,5-6,9-10,15-16H2,(H2,26,27,31,32). The number of nitrogens with one attached hydrogen (secondary N) is 2. The van der Waals surface area contributed by atoms with Gasteiger partial charge in [0.1, 0.15) is 5.82 Å². The molecule has 1 saturated carbocycles. The number of rotatable bonds is 7. The number of benzene rings is 2. The molecule has 2 N–H and O–H groups in total. The predicted octanol–water partition coefficient (Wildman–Crippen LogP) is 4.76. The second kappa shape index (κ2) is 11.3. The molecule has 0 atom stereocenters. The van der Waals surface area contributed by atoms with Gasteiger partial charge in [0.05, 0.1) is 5.75 Å². The number of amides is 3. The summed E-state index contributed by atoms with van der Waals surface area (Å²) in [7, 11) is 0. The summed E-state index contributed by atoms with van der Waals surface area (Å²) in [6, 6.07) is 17.1. The lowest BCUT2D eigenvalue weighted by molar-refractivity contribution is -0.117. The lowest BCUT2D eigenvalue weighted by Crippen LogP contribution is -2.45. The Bertz CT molecular complexity index is 1080. The molecule has 3 aromatic rings. The average molecular weight is 484 g/mol.